The number of anilines is 2. The Morgan fingerprint density at radius 2 is 1.67 bits per heavy atom. The highest BCUT2D eigenvalue weighted by Gasteiger charge is 2.32. The quantitative estimate of drug-likeness (QED) is 0.248. The lowest BCUT2D eigenvalue weighted by Gasteiger charge is -2.34. The van der Waals surface area contributed by atoms with E-state index in [4.69, 9.17) is 4.74 Å². The van der Waals surface area contributed by atoms with E-state index in [1.54, 1.807) is 54.3 Å². The number of alkyl halides is 3. The number of carboxylic acids is 1. The molecule has 3 atom stereocenters. The molecular formula is C33H37F3N4O6. The number of hydrogen-bond donors (Lipinski definition) is 4. The summed E-state index contributed by atoms with van der Waals surface area (Å²) < 4.78 is 45.1. The molecule has 0 spiro atoms. The Morgan fingerprint density at radius 1 is 1.04 bits per heavy atom. The molecule has 0 saturated carbocycles. The van der Waals surface area contributed by atoms with Gasteiger partial charge in [0.1, 0.15) is 11.9 Å². The van der Waals surface area contributed by atoms with Gasteiger partial charge in [0, 0.05) is 42.5 Å². The first-order chi connectivity index (χ1) is 21.7. The number of ether oxygens (including phenoxy) is 1. The standard InChI is InChI=1S/C33H37F3N4O6/c1-20-16-40(21(2)19-41)30(42)15-24-14-27(38-32(45)37-26-10-8-25(9-11-26)33(34,35)36)12-13-28(24)46-29(20)18-39(3)17-22-4-6-23(7-5-22)31(43)44/h4-14,20-21,29,41H,15-19H2,1-3H3,(H,43,44)(H2,37,38,45)/t20-,21-,29+/m0/s1. The van der Waals surface area contributed by atoms with E-state index in [0.29, 0.717) is 36.6 Å². The van der Waals surface area contributed by atoms with Gasteiger partial charge < -0.3 is 30.5 Å². The first-order valence-electron chi connectivity index (χ1n) is 14.7. The number of aliphatic hydroxyl groups is 1. The molecule has 1 aliphatic heterocycles. The summed E-state index contributed by atoms with van der Waals surface area (Å²) in [6, 6.07) is 14.4. The molecule has 0 saturated heterocycles. The number of fused-ring (bicyclic) bond motifs is 1. The van der Waals surface area contributed by atoms with Crippen molar-refractivity contribution in [1.29, 1.82) is 0 Å². The highest BCUT2D eigenvalue weighted by atomic mass is 19.4. The molecule has 4 rings (SSSR count). The lowest BCUT2D eigenvalue weighted by molar-refractivity contribution is -0.137. The second-order valence-corrected chi connectivity index (χ2v) is 11.6. The molecule has 3 aromatic carbocycles. The largest absolute Gasteiger partial charge is 0.488 e. The average molecular weight is 643 g/mol. The molecule has 3 aromatic rings. The number of benzene rings is 3. The Kier molecular flexibility index (Phi) is 10.9. The summed E-state index contributed by atoms with van der Waals surface area (Å²) in [4.78, 5) is 41.0. The van der Waals surface area contributed by atoms with Gasteiger partial charge >= 0.3 is 18.2 Å². The maximum atomic E-state index is 13.5. The van der Waals surface area contributed by atoms with Crippen molar-refractivity contribution in [3.63, 3.8) is 0 Å². The second kappa shape index (κ2) is 14.6. The summed E-state index contributed by atoms with van der Waals surface area (Å²) in [5.41, 5.74) is 1.30. The van der Waals surface area contributed by atoms with Gasteiger partial charge in [-0.3, -0.25) is 9.69 Å². The van der Waals surface area contributed by atoms with E-state index in [2.05, 4.69) is 10.6 Å². The molecule has 246 valence electrons. The summed E-state index contributed by atoms with van der Waals surface area (Å²) in [5.74, 6) is -0.914. The summed E-state index contributed by atoms with van der Waals surface area (Å²) in [6.45, 7) is 4.82. The van der Waals surface area contributed by atoms with E-state index in [0.717, 1.165) is 29.8 Å². The van der Waals surface area contributed by atoms with Crippen molar-refractivity contribution in [1.82, 2.24) is 9.80 Å². The molecule has 1 aliphatic rings. The molecular weight excluding hydrogens is 605 g/mol. The van der Waals surface area contributed by atoms with Crippen LogP contribution in [-0.2, 0) is 23.9 Å². The maximum absolute atomic E-state index is 13.5. The Hall–Kier alpha value is -4.62. The Balaban J connectivity index is 1.52. The molecule has 4 N–H and O–H groups in total. The zero-order chi connectivity index (χ0) is 33.6. The van der Waals surface area contributed by atoms with Crippen LogP contribution in [0.25, 0.3) is 0 Å². The Labute approximate surface area is 264 Å². The number of nitrogens with zero attached hydrogens (tertiary/aromatic N) is 2. The van der Waals surface area contributed by atoms with Crippen LogP contribution in [0.2, 0.25) is 0 Å². The smallest absolute Gasteiger partial charge is 0.416 e. The molecule has 1 heterocycles. The van der Waals surface area contributed by atoms with Gasteiger partial charge in [0.25, 0.3) is 0 Å². The second-order valence-electron chi connectivity index (χ2n) is 11.6. The number of nitrogens with one attached hydrogen (secondary N) is 2. The van der Waals surface area contributed by atoms with E-state index in [-0.39, 0.29) is 42.2 Å². The summed E-state index contributed by atoms with van der Waals surface area (Å²) in [6.07, 6.45) is -4.93. The van der Waals surface area contributed by atoms with Crippen molar-refractivity contribution in [2.24, 2.45) is 5.92 Å². The number of rotatable bonds is 9. The third-order valence-electron chi connectivity index (χ3n) is 7.79. The van der Waals surface area contributed by atoms with Crippen LogP contribution < -0.4 is 15.4 Å². The van der Waals surface area contributed by atoms with E-state index in [1.807, 2.05) is 18.9 Å². The molecule has 0 fully saturated rings. The van der Waals surface area contributed by atoms with Crippen molar-refractivity contribution in [2.45, 2.75) is 45.1 Å². The van der Waals surface area contributed by atoms with Crippen LogP contribution in [-0.4, -0.2) is 76.8 Å². The number of halogens is 3. The maximum Gasteiger partial charge on any atom is 0.416 e. The molecule has 0 bridgehead atoms. The monoisotopic (exact) mass is 642 g/mol. The molecule has 13 heteroatoms. The number of likely N-dealkylation sites (N-methyl/N-ethyl adjacent to an activating group) is 1. The van der Waals surface area contributed by atoms with Crippen molar-refractivity contribution in [3.8, 4) is 5.75 Å². The minimum Gasteiger partial charge on any atom is -0.488 e. The summed E-state index contributed by atoms with van der Waals surface area (Å²) in [7, 11) is 1.91. The van der Waals surface area contributed by atoms with E-state index < -0.39 is 29.8 Å². The third-order valence-corrected chi connectivity index (χ3v) is 7.79. The number of carbonyl (C=O) groups is 3. The molecule has 46 heavy (non-hydrogen) atoms. The van der Waals surface area contributed by atoms with Gasteiger partial charge in [-0.2, -0.15) is 13.2 Å². The predicted octanol–water partition coefficient (Wildman–Crippen LogP) is 5.33. The van der Waals surface area contributed by atoms with Crippen LogP contribution in [0.4, 0.5) is 29.3 Å². The summed E-state index contributed by atoms with van der Waals surface area (Å²) >= 11 is 0. The summed E-state index contributed by atoms with van der Waals surface area (Å²) in [5, 5.41) is 24.2. The normalized spacial score (nSPS) is 17.7. The molecule has 0 radical (unpaired) electrons. The van der Waals surface area contributed by atoms with Crippen LogP contribution in [0.1, 0.15) is 40.9 Å². The minimum absolute atomic E-state index is 0.0546. The topological polar surface area (TPSA) is 131 Å². The number of carbonyl (C=O) groups excluding carboxylic acids is 2. The zero-order valence-corrected chi connectivity index (χ0v) is 25.7. The number of aromatic carboxylic acids is 1. The number of hydrogen-bond acceptors (Lipinski definition) is 6. The van der Waals surface area contributed by atoms with Gasteiger partial charge in [0.05, 0.1) is 30.2 Å². The van der Waals surface area contributed by atoms with Crippen molar-refractivity contribution < 1.29 is 42.5 Å². The van der Waals surface area contributed by atoms with Crippen LogP contribution in [0.15, 0.2) is 66.7 Å². The Bertz CT molecular complexity index is 1530. The lowest BCUT2D eigenvalue weighted by Crippen LogP contribution is -2.47. The van der Waals surface area contributed by atoms with Gasteiger partial charge in [-0.15, -0.1) is 0 Å². The molecule has 0 unspecified atom stereocenters. The third kappa shape index (κ3) is 8.98. The van der Waals surface area contributed by atoms with Gasteiger partial charge in [0.2, 0.25) is 5.91 Å². The Morgan fingerprint density at radius 3 is 2.28 bits per heavy atom. The van der Waals surface area contributed by atoms with Crippen LogP contribution in [0, 0.1) is 5.92 Å². The first kappa shape index (κ1) is 34.3. The highest BCUT2D eigenvalue weighted by Crippen LogP contribution is 2.31. The van der Waals surface area contributed by atoms with Crippen LogP contribution >= 0.6 is 0 Å². The van der Waals surface area contributed by atoms with Crippen LogP contribution in [0.3, 0.4) is 0 Å². The van der Waals surface area contributed by atoms with Gasteiger partial charge in [-0.05, 0) is 74.1 Å². The highest BCUT2D eigenvalue weighted by molar-refractivity contribution is 6.00. The number of amides is 3. The van der Waals surface area contributed by atoms with Crippen molar-refractivity contribution in [2.75, 3.05) is 37.4 Å². The van der Waals surface area contributed by atoms with Crippen molar-refractivity contribution in [3.05, 3.63) is 89.0 Å². The molecule has 3 amide bonds. The minimum atomic E-state index is -4.49. The molecule has 10 nitrogen and oxygen atoms in total. The first-order valence-corrected chi connectivity index (χ1v) is 14.7. The molecule has 0 aromatic heterocycles. The lowest BCUT2D eigenvalue weighted by atomic mass is 10.0. The fourth-order valence-corrected chi connectivity index (χ4v) is 5.20. The van der Waals surface area contributed by atoms with Gasteiger partial charge in [0.15, 0.2) is 0 Å². The fraction of sp³-hybridized carbons (Fsp3) is 0.364. The van der Waals surface area contributed by atoms with Gasteiger partial charge in [-0.25, -0.2) is 9.59 Å². The van der Waals surface area contributed by atoms with Gasteiger partial charge in [-0.1, -0.05) is 19.1 Å². The number of aliphatic hydroxyl groups excluding tert-OH is 1. The van der Waals surface area contributed by atoms with Crippen molar-refractivity contribution >= 4 is 29.3 Å². The number of carboxylic acid groups (broad SMARTS) is 1. The SMILES string of the molecule is C[C@H]1CN([C@@H](C)CO)C(=O)Cc2cc(NC(=O)Nc3ccc(C(F)(F)F)cc3)ccc2O[C@@H]1CN(C)Cc1ccc(C(=O)O)cc1. The zero-order valence-electron chi connectivity index (χ0n) is 25.7. The van der Waals surface area contributed by atoms with E-state index in [1.165, 1.54) is 0 Å². The average Bonchev–Trinajstić information content (AvgIpc) is 3.04. The van der Waals surface area contributed by atoms with E-state index >= 15 is 0 Å². The van der Waals surface area contributed by atoms with E-state index in [9.17, 15) is 37.8 Å². The molecule has 0 aliphatic carbocycles. The van der Waals surface area contributed by atoms with Crippen LogP contribution in [0.5, 0.6) is 5.75 Å². The predicted molar refractivity (Wildman–Crippen MR) is 166 cm³/mol. The fourth-order valence-electron chi connectivity index (χ4n) is 5.20. The number of urea groups is 1.